The van der Waals surface area contributed by atoms with Crippen LogP contribution in [0.5, 0.6) is 5.75 Å². The fraction of sp³-hybridized carbons (Fsp3) is 0.300. The molecular formula is C10H13NO3. The van der Waals surface area contributed by atoms with E-state index in [1.165, 1.54) is 13.2 Å². The molecule has 1 aromatic carbocycles. The van der Waals surface area contributed by atoms with Gasteiger partial charge in [-0.3, -0.25) is 0 Å². The largest absolute Gasteiger partial charge is 0.496 e. The number of rotatable bonds is 3. The molecule has 0 saturated heterocycles. The van der Waals surface area contributed by atoms with Gasteiger partial charge in [0.15, 0.2) is 0 Å². The maximum Gasteiger partial charge on any atom is 0.337 e. The van der Waals surface area contributed by atoms with Gasteiger partial charge in [0, 0.05) is 5.56 Å². The lowest BCUT2D eigenvalue weighted by molar-refractivity contribution is 0.0698. The SMILES string of the molecule is CCc1c(OC)ccc(C(=O)O)c1N. The summed E-state index contributed by atoms with van der Waals surface area (Å²) in [6.45, 7) is 1.90. The van der Waals surface area contributed by atoms with E-state index < -0.39 is 5.97 Å². The standard InChI is InChI=1S/C10H13NO3/c1-3-6-8(14-2)5-4-7(9(6)11)10(12)13/h4-5H,3,11H2,1-2H3,(H,12,13). The number of benzene rings is 1. The molecule has 0 aliphatic rings. The first-order valence-corrected chi connectivity index (χ1v) is 4.30. The lowest BCUT2D eigenvalue weighted by atomic mass is 10.0. The fourth-order valence-electron chi connectivity index (χ4n) is 1.39. The van der Waals surface area contributed by atoms with Crippen LogP contribution in [0.1, 0.15) is 22.8 Å². The van der Waals surface area contributed by atoms with E-state index in [9.17, 15) is 4.79 Å². The molecule has 0 bridgehead atoms. The van der Waals surface area contributed by atoms with E-state index in [0.717, 1.165) is 5.56 Å². The van der Waals surface area contributed by atoms with Gasteiger partial charge in [-0.2, -0.15) is 0 Å². The average Bonchev–Trinajstić information content (AvgIpc) is 2.16. The number of carboxylic acids is 1. The predicted octanol–water partition coefficient (Wildman–Crippen LogP) is 1.54. The van der Waals surface area contributed by atoms with E-state index >= 15 is 0 Å². The van der Waals surface area contributed by atoms with Crippen LogP contribution in [0.2, 0.25) is 0 Å². The topological polar surface area (TPSA) is 72.5 Å². The summed E-state index contributed by atoms with van der Waals surface area (Å²) in [5.74, 6) is -0.380. The highest BCUT2D eigenvalue weighted by Gasteiger charge is 2.14. The smallest absolute Gasteiger partial charge is 0.337 e. The van der Waals surface area contributed by atoms with E-state index in [-0.39, 0.29) is 5.56 Å². The third-order valence-corrected chi connectivity index (χ3v) is 2.12. The summed E-state index contributed by atoms with van der Waals surface area (Å²) in [6.07, 6.45) is 0.649. The first kappa shape index (κ1) is 10.4. The van der Waals surface area contributed by atoms with Crippen LogP contribution in [0.3, 0.4) is 0 Å². The second-order valence-electron chi connectivity index (χ2n) is 2.87. The molecule has 0 atom stereocenters. The third kappa shape index (κ3) is 1.64. The molecule has 0 unspecified atom stereocenters. The van der Waals surface area contributed by atoms with Crippen molar-refractivity contribution in [3.8, 4) is 5.75 Å². The fourth-order valence-corrected chi connectivity index (χ4v) is 1.39. The number of carboxylic acid groups (broad SMARTS) is 1. The lowest BCUT2D eigenvalue weighted by Crippen LogP contribution is -2.06. The second-order valence-corrected chi connectivity index (χ2v) is 2.87. The Balaban J connectivity index is 3.34. The second kappa shape index (κ2) is 4.00. The van der Waals surface area contributed by atoms with Gasteiger partial charge in [0.1, 0.15) is 5.75 Å². The average molecular weight is 195 g/mol. The zero-order chi connectivity index (χ0) is 10.7. The van der Waals surface area contributed by atoms with Crippen molar-refractivity contribution in [2.45, 2.75) is 13.3 Å². The van der Waals surface area contributed by atoms with Gasteiger partial charge in [0.05, 0.1) is 18.4 Å². The zero-order valence-corrected chi connectivity index (χ0v) is 8.20. The van der Waals surface area contributed by atoms with Gasteiger partial charge in [-0.1, -0.05) is 6.92 Å². The van der Waals surface area contributed by atoms with Crippen LogP contribution in [0, 0.1) is 0 Å². The molecule has 0 aliphatic carbocycles. The predicted molar refractivity (Wildman–Crippen MR) is 53.7 cm³/mol. The molecule has 0 spiro atoms. The molecule has 0 saturated carbocycles. The summed E-state index contributed by atoms with van der Waals surface area (Å²) in [5.41, 5.74) is 6.87. The molecular weight excluding hydrogens is 182 g/mol. The summed E-state index contributed by atoms with van der Waals surface area (Å²) in [4.78, 5) is 10.8. The summed E-state index contributed by atoms with van der Waals surface area (Å²) in [7, 11) is 1.54. The van der Waals surface area contributed by atoms with Crippen LogP contribution in [0.25, 0.3) is 0 Å². The van der Waals surface area contributed by atoms with Crippen LogP contribution in [-0.2, 0) is 6.42 Å². The van der Waals surface area contributed by atoms with Gasteiger partial charge in [0.2, 0.25) is 0 Å². The van der Waals surface area contributed by atoms with Crippen molar-refractivity contribution in [3.63, 3.8) is 0 Å². The molecule has 0 aliphatic heterocycles. The molecule has 0 fully saturated rings. The Bertz CT molecular complexity index is 361. The summed E-state index contributed by atoms with van der Waals surface area (Å²) in [5, 5.41) is 8.83. The molecule has 3 N–H and O–H groups in total. The molecule has 4 nitrogen and oxygen atoms in total. The quantitative estimate of drug-likeness (QED) is 0.717. The monoisotopic (exact) mass is 195 g/mol. The number of nitrogens with two attached hydrogens (primary N) is 1. The number of nitrogen functional groups attached to an aromatic ring is 1. The van der Waals surface area contributed by atoms with Crippen molar-refractivity contribution >= 4 is 11.7 Å². The number of hydrogen-bond donors (Lipinski definition) is 2. The Morgan fingerprint density at radius 2 is 2.21 bits per heavy atom. The van der Waals surface area contributed by atoms with Crippen molar-refractivity contribution in [1.82, 2.24) is 0 Å². The van der Waals surface area contributed by atoms with Crippen LogP contribution in [0.4, 0.5) is 5.69 Å². The van der Waals surface area contributed by atoms with Crippen molar-refractivity contribution < 1.29 is 14.6 Å². The van der Waals surface area contributed by atoms with E-state index in [1.807, 2.05) is 6.92 Å². The molecule has 0 radical (unpaired) electrons. The minimum Gasteiger partial charge on any atom is -0.496 e. The van der Waals surface area contributed by atoms with Crippen molar-refractivity contribution in [1.29, 1.82) is 0 Å². The molecule has 1 aromatic rings. The van der Waals surface area contributed by atoms with Gasteiger partial charge in [-0.15, -0.1) is 0 Å². The third-order valence-electron chi connectivity index (χ3n) is 2.12. The highest BCUT2D eigenvalue weighted by Crippen LogP contribution is 2.28. The molecule has 0 heterocycles. The molecule has 0 amide bonds. The molecule has 1 rings (SSSR count). The first-order chi connectivity index (χ1) is 6.61. The summed E-state index contributed by atoms with van der Waals surface area (Å²) in [6, 6.07) is 3.08. The van der Waals surface area contributed by atoms with Gasteiger partial charge < -0.3 is 15.6 Å². The van der Waals surface area contributed by atoms with E-state index in [2.05, 4.69) is 0 Å². The van der Waals surface area contributed by atoms with Gasteiger partial charge in [-0.25, -0.2) is 4.79 Å². The van der Waals surface area contributed by atoms with E-state index in [4.69, 9.17) is 15.6 Å². The Labute approximate surface area is 82.3 Å². The number of anilines is 1. The summed E-state index contributed by atoms with van der Waals surface area (Å²) < 4.78 is 5.08. The number of methoxy groups -OCH3 is 1. The molecule has 14 heavy (non-hydrogen) atoms. The van der Waals surface area contributed by atoms with Crippen LogP contribution < -0.4 is 10.5 Å². The Hall–Kier alpha value is -1.71. The number of ether oxygens (including phenoxy) is 1. The highest BCUT2D eigenvalue weighted by atomic mass is 16.5. The number of carbonyl (C=O) groups is 1. The van der Waals surface area contributed by atoms with Crippen LogP contribution in [-0.4, -0.2) is 18.2 Å². The van der Waals surface area contributed by atoms with E-state index in [0.29, 0.717) is 17.9 Å². The lowest BCUT2D eigenvalue weighted by Gasteiger charge is -2.11. The summed E-state index contributed by atoms with van der Waals surface area (Å²) >= 11 is 0. The maximum absolute atomic E-state index is 10.8. The normalized spacial score (nSPS) is 9.86. The number of hydrogen-bond acceptors (Lipinski definition) is 3. The van der Waals surface area contributed by atoms with Crippen molar-refractivity contribution in [2.24, 2.45) is 0 Å². The Morgan fingerprint density at radius 1 is 1.57 bits per heavy atom. The minimum atomic E-state index is -1.01. The maximum atomic E-state index is 10.8. The van der Waals surface area contributed by atoms with Gasteiger partial charge >= 0.3 is 5.97 Å². The van der Waals surface area contributed by atoms with Gasteiger partial charge in [0.25, 0.3) is 0 Å². The molecule has 0 aromatic heterocycles. The van der Waals surface area contributed by atoms with Gasteiger partial charge in [-0.05, 0) is 18.6 Å². The Morgan fingerprint density at radius 3 is 2.64 bits per heavy atom. The first-order valence-electron chi connectivity index (χ1n) is 4.30. The van der Waals surface area contributed by atoms with Crippen molar-refractivity contribution in [3.05, 3.63) is 23.3 Å². The van der Waals surface area contributed by atoms with Crippen molar-refractivity contribution in [2.75, 3.05) is 12.8 Å². The molecule has 76 valence electrons. The number of aromatic carboxylic acids is 1. The molecule has 4 heteroatoms. The zero-order valence-electron chi connectivity index (χ0n) is 8.20. The van der Waals surface area contributed by atoms with Crippen LogP contribution in [0.15, 0.2) is 12.1 Å². The van der Waals surface area contributed by atoms with Crippen LogP contribution >= 0.6 is 0 Å². The highest BCUT2D eigenvalue weighted by molar-refractivity contribution is 5.95. The van der Waals surface area contributed by atoms with E-state index in [1.54, 1.807) is 6.07 Å². The minimum absolute atomic E-state index is 0.127. The Kier molecular flexibility index (Phi) is 2.96.